The van der Waals surface area contributed by atoms with Gasteiger partial charge in [-0.3, -0.25) is 0 Å². The number of furan rings is 2. The Kier molecular flexibility index (Phi) is 5.77. The molecule has 12 aromatic rings. The molecular weight excluding hydrogens is 647 g/mol. The maximum absolute atomic E-state index is 6.82. The summed E-state index contributed by atoms with van der Waals surface area (Å²) in [4.78, 5) is 0. The summed E-state index contributed by atoms with van der Waals surface area (Å²) in [6.45, 7) is 0. The summed E-state index contributed by atoms with van der Waals surface area (Å²) in [5.74, 6) is 0. The van der Waals surface area contributed by atoms with Crippen LogP contribution in [0.15, 0.2) is 185 Å². The summed E-state index contributed by atoms with van der Waals surface area (Å²) in [6, 6.07) is 63.1. The predicted octanol–water partition coefficient (Wildman–Crippen LogP) is 14.2. The predicted molar refractivity (Wildman–Crippen MR) is 221 cm³/mol. The van der Waals surface area contributed by atoms with Gasteiger partial charge in [0.15, 0.2) is 0 Å². The lowest BCUT2D eigenvalue weighted by Gasteiger charge is -2.19. The Hall–Kier alpha value is -7.10. The Morgan fingerprint density at radius 2 is 0.830 bits per heavy atom. The quantitative estimate of drug-likeness (QED) is 0.175. The van der Waals surface area contributed by atoms with Gasteiger partial charge in [0, 0.05) is 43.7 Å². The van der Waals surface area contributed by atoms with Gasteiger partial charge in [0.25, 0.3) is 0 Å². The van der Waals surface area contributed by atoms with Crippen LogP contribution in [0, 0.1) is 0 Å². The molecule has 0 atom stereocenters. The molecule has 0 saturated heterocycles. The van der Waals surface area contributed by atoms with Gasteiger partial charge in [-0.15, -0.1) is 0 Å². The summed E-state index contributed by atoms with van der Waals surface area (Å²) < 4.78 is 15.8. The molecule has 12 rings (SSSR count). The molecule has 53 heavy (non-hydrogen) atoms. The van der Waals surface area contributed by atoms with Crippen LogP contribution in [-0.4, -0.2) is 4.57 Å². The third-order valence-corrected chi connectivity index (χ3v) is 11.2. The lowest BCUT2D eigenvalue weighted by Crippen LogP contribution is -1.95. The first-order valence-electron chi connectivity index (χ1n) is 18.1. The largest absolute Gasteiger partial charge is 0.455 e. The summed E-state index contributed by atoms with van der Waals surface area (Å²) in [7, 11) is 0. The van der Waals surface area contributed by atoms with Gasteiger partial charge in [-0.2, -0.15) is 0 Å². The topological polar surface area (TPSA) is 31.2 Å². The lowest BCUT2D eigenvalue weighted by molar-refractivity contribution is 0.663. The molecule has 0 fully saturated rings. The Labute approximate surface area is 303 Å². The van der Waals surface area contributed by atoms with E-state index in [0.717, 1.165) is 60.7 Å². The minimum atomic E-state index is 0.842. The molecule has 0 aliphatic carbocycles. The first-order chi connectivity index (χ1) is 26.3. The van der Waals surface area contributed by atoms with Crippen LogP contribution < -0.4 is 0 Å². The minimum absolute atomic E-state index is 0.842. The lowest BCUT2D eigenvalue weighted by atomic mass is 9.85. The van der Waals surface area contributed by atoms with Crippen molar-refractivity contribution in [1.82, 2.24) is 4.57 Å². The van der Waals surface area contributed by atoms with Crippen molar-refractivity contribution >= 4 is 87.2 Å². The molecule has 3 heteroatoms. The summed E-state index contributed by atoms with van der Waals surface area (Å²) in [6.07, 6.45) is 0. The van der Waals surface area contributed by atoms with Crippen LogP contribution in [0.25, 0.3) is 115 Å². The number of benzene rings is 9. The molecule has 0 bridgehead atoms. The van der Waals surface area contributed by atoms with Crippen molar-refractivity contribution in [3.8, 4) is 27.9 Å². The second-order valence-corrected chi connectivity index (χ2v) is 14.0. The SMILES string of the molecule is c1cc(-c2c3ccccc3c(-c3cc4c5ccccc5oc4c4c3oc3ccccc34)c3ccccc23)cc(-n2c3ccccc3c3ccccc32)c1. The Morgan fingerprint density at radius 3 is 1.47 bits per heavy atom. The van der Waals surface area contributed by atoms with Crippen molar-refractivity contribution in [2.75, 3.05) is 0 Å². The fraction of sp³-hybridized carbons (Fsp3) is 0. The average molecular weight is 676 g/mol. The van der Waals surface area contributed by atoms with Crippen molar-refractivity contribution in [2.45, 2.75) is 0 Å². The number of nitrogens with zero attached hydrogens (tertiary/aromatic N) is 1. The number of fused-ring (bicyclic) bond motifs is 12. The Balaban J connectivity index is 1.19. The summed E-state index contributed by atoms with van der Waals surface area (Å²) in [5.41, 5.74) is 11.6. The molecule has 3 nitrogen and oxygen atoms in total. The highest BCUT2D eigenvalue weighted by Crippen LogP contribution is 2.49. The van der Waals surface area contributed by atoms with Gasteiger partial charge in [-0.05, 0) is 75.1 Å². The normalized spacial score (nSPS) is 12.2. The van der Waals surface area contributed by atoms with E-state index in [-0.39, 0.29) is 0 Å². The molecule has 0 saturated carbocycles. The zero-order valence-corrected chi connectivity index (χ0v) is 28.5. The van der Waals surface area contributed by atoms with Crippen molar-refractivity contribution < 1.29 is 8.83 Å². The molecule has 0 unspecified atom stereocenters. The van der Waals surface area contributed by atoms with Crippen molar-refractivity contribution in [2.24, 2.45) is 0 Å². The number of rotatable bonds is 3. The van der Waals surface area contributed by atoms with Crippen LogP contribution in [0.3, 0.4) is 0 Å². The number of hydrogen-bond acceptors (Lipinski definition) is 2. The van der Waals surface area contributed by atoms with E-state index >= 15 is 0 Å². The maximum Gasteiger partial charge on any atom is 0.147 e. The zero-order chi connectivity index (χ0) is 34.6. The molecular formula is C50H29NO2. The molecule has 0 aliphatic heterocycles. The Morgan fingerprint density at radius 1 is 0.340 bits per heavy atom. The van der Waals surface area contributed by atoms with Gasteiger partial charge in [-0.1, -0.05) is 133 Å². The van der Waals surface area contributed by atoms with E-state index in [1.807, 2.05) is 12.1 Å². The van der Waals surface area contributed by atoms with Crippen molar-refractivity contribution in [3.63, 3.8) is 0 Å². The first kappa shape index (κ1) is 28.6. The molecule has 9 aromatic carbocycles. The van der Waals surface area contributed by atoms with Crippen LogP contribution in [0.2, 0.25) is 0 Å². The van der Waals surface area contributed by atoms with E-state index in [2.05, 4.69) is 168 Å². The van der Waals surface area contributed by atoms with E-state index in [1.165, 1.54) is 54.5 Å². The van der Waals surface area contributed by atoms with Gasteiger partial charge in [0.1, 0.15) is 22.3 Å². The zero-order valence-electron chi connectivity index (χ0n) is 28.5. The standard InChI is InChI=1S/C50H29NO2/c1-3-21-37-35(19-1)46(30-14-13-15-31(28-30)51-42-24-9-5-16-32(42)33-17-6-10-25-43(33)51)36-20-2-4-22-38(36)47(37)41-29-40-34-18-7-11-26-44(34)52-49(40)48-39-23-8-12-27-45(39)53-50(41)48/h1-29H. The summed E-state index contributed by atoms with van der Waals surface area (Å²) >= 11 is 0. The second kappa shape index (κ2) is 10.7. The van der Waals surface area contributed by atoms with E-state index in [9.17, 15) is 0 Å². The maximum atomic E-state index is 6.82. The second-order valence-electron chi connectivity index (χ2n) is 14.0. The molecule has 0 radical (unpaired) electrons. The van der Waals surface area contributed by atoms with E-state index in [4.69, 9.17) is 8.83 Å². The van der Waals surface area contributed by atoms with Gasteiger partial charge in [0.2, 0.25) is 0 Å². The molecule has 0 N–H and O–H groups in total. The molecule has 0 spiro atoms. The van der Waals surface area contributed by atoms with Gasteiger partial charge in [0.05, 0.1) is 16.4 Å². The highest BCUT2D eigenvalue weighted by atomic mass is 16.3. The van der Waals surface area contributed by atoms with E-state index < -0.39 is 0 Å². The van der Waals surface area contributed by atoms with E-state index in [1.54, 1.807) is 0 Å². The number of aromatic nitrogens is 1. The van der Waals surface area contributed by atoms with Crippen molar-refractivity contribution in [1.29, 1.82) is 0 Å². The van der Waals surface area contributed by atoms with E-state index in [0.29, 0.717) is 0 Å². The average Bonchev–Trinajstić information content (AvgIpc) is 3.90. The molecule has 0 amide bonds. The van der Waals surface area contributed by atoms with Gasteiger partial charge >= 0.3 is 0 Å². The molecule has 246 valence electrons. The molecule has 0 aliphatic rings. The highest BCUT2D eigenvalue weighted by molar-refractivity contribution is 6.29. The Bertz CT molecular complexity index is 3360. The fourth-order valence-corrected chi connectivity index (χ4v) is 8.98. The number of para-hydroxylation sites is 4. The summed E-state index contributed by atoms with van der Waals surface area (Å²) in [5, 5.41) is 11.5. The third kappa shape index (κ3) is 3.94. The highest BCUT2D eigenvalue weighted by Gasteiger charge is 2.24. The smallest absolute Gasteiger partial charge is 0.147 e. The van der Waals surface area contributed by atoms with Crippen LogP contribution >= 0.6 is 0 Å². The van der Waals surface area contributed by atoms with Gasteiger partial charge in [-0.25, -0.2) is 0 Å². The van der Waals surface area contributed by atoms with Crippen LogP contribution in [0.5, 0.6) is 0 Å². The third-order valence-electron chi connectivity index (χ3n) is 11.2. The minimum Gasteiger partial charge on any atom is -0.455 e. The fourth-order valence-electron chi connectivity index (χ4n) is 8.98. The molecule has 3 heterocycles. The first-order valence-corrected chi connectivity index (χ1v) is 18.1. The van der Waals surface area contributed by atoms with Crippen molar-refractivity contribution in [3.05, 3.63) is 176 Å². The van der Waals surface area contributed by atoms with Crippen LogP contribution in [0.1, 0.15) is 0 Å². The van der Waals surface area contributed by atoms with Gasteiger partial charge < -0.3 is 13.4 Å². The van der Waals surface area contributed by atoms with Crippen LogP contribution in [0.4, 0.5) is 0 Å². The monoisotopic (exact) mass is 675 g/mol. The molecule has 3 aromatic heterocycles. The number of hydrogen-bond donors (Lipinski definition) is 0. The van der Waals surface area contributed by atoms with Crippen LogP contribution in [-0.2, 0) is 0 Å².